The van der Waals surface area contributed by atoms with Crippen molar-refractivity contribution in [2.75, 3.05) is 13.1 Å². The number of halogens is 1. The van der Waals surface area contributed by atoms with Crippen molar-refractivity contribution in [3.63, 3.8) is 0 Å². The van der Waals surface area contributed by atoms with Gasteiger partial charge in [-0.25, -0.2) is 8.42 Å². The SMILES string of the molecule is Cc1cc(Cl)cc(Oc2ccc(C#N)cc2S(=O)(=O)N2CCC(NC(=S)NC(C)C)CC2)c1. The van der Waals surface area contributed by atoms with E-state index >= 15 is 0 Å². The van der Waals surface area contributed by atoms with Gasteiger partial charge in [-0.15, -0.1) is 0 Å². The molecule has 2 aromatic rings. The molecule has 0 aliphatic carbocycles. The first kappa shape index (κ1) is 25.2. The van der Waals surface area contributed by atoms with Crippen molar-refractivity contribution in [2.45, 2.75) is 50.6 Å². The minimum atomic E-state index is -3.89. The second kappa shape index (κ2) is 10.7. The van der Waals surface area contributed by atoms with Crippen LogP contribution in [0.5, 0.6) is 11.5 Å². The molecule has 1 heterocycles. The Hall–Kier alpha value is -2.38. The Balaban J connectivity index is 1.81. The second-order valence-electron chi connectivity index (χ2n) is 8.29. The molecule has 2 aromatic carbocycles. The highest BCUT2D eigenvalue weighted by Gasteiger charge is 2.32. The summed E-state index contributed by atoms with van der Waals surface area (Å²) in [7, 11) is -3.89. The van der Waals surface area contributed by atoms with E-state index in [9.17, 15) is 13.7 Å². The number of nitrogens with one attached hydrogen (secondary N) is 2. The third kappa shape index (κ3) is 6.58. The highest BCUT2D eigenvalue weighted by Crippen LogP contribution is 2.34. The lowest BCUT2D eigenvalue weighted by Crippen LogP contribution is -2.50. The van der Waals surface area contributed by atoms with Gasteiger partial charge in [0.15, 0.2) is 5.11 Å². The molecule has 0 bridgehead atoms. The quantitative estimate of drug-likeness (QED) is 0.563. The van der Waals surface area contributed by atoms with Gasteiger partial charge in [-0.3, -0.25) is 0 Å². The first-order valence-electron chi connectivity index (χ1n) is 10.6. The smallest absolute Gasteiger partial charge is 0.246 e. The number of hydrogen-bond acceptors (Lipinski definition) is 5. The van der Waals surface area contributed by atoms with Crippen molar-refractivity contribution in [1.82, 2.24) is 14.9 Å². The van der Waals surface area contributed by atoms with Gasteiger partial charge in [-0.05, 0) is 87.8 Å². The normalized spacial score (nSPS) is 15.2. The van der Waals surface area contributed by atoms with Gasteiger partial charge in [0.25, 0.3) is 0 Å². The second-order valence-corrected chi connectivity index (χ2v) is 11.0. The van der Waals surface area contributed by atoms with Crippen LogP contribution in [0, 0.1) is 18.3 Å². The topological polar surface area (TPSA) is 94.5 Å². The van der Waals surface area contributed by atoms with E-state index in [0.29, 0.717) is 41.8 Å². The number of nitrogens with zero attached hydrogens (tertiary/aromatic N) is 2. The van der Waals surface area contributed by atoms with E-state index in [-0.39, 0.29) is 28.3 Å². The van der Waals surface area contributed by atoms with Gasteiger partial charge in [0.2, 0.25) is 10.0 Å². The van der Waals surface area contributed by atoms with Gasteiger partial charge in [0.05, 0.1) is 11.6 Å². The molecule has 1 fully saturated rings. The summed E-state index contributed by atoms with van der Waals surface area (Å²) in [4.78, 5) is -0.0393. The lowest BCUT2D eigenvalue weighted by Gasteiger charge is -2.32. The van der Waals surface area contributed by atoms with E-state index in [4.69, 9.17) is 28.6 Å². The minimum absolute atomic E-state index is 0.0393. The summed E-state index contributed by atoms with van der Waals surface area (Å²) in [6.07, 6.45) is 1.22. The molecule has 0 atom stereocenters. The molecule has 0 saturated carbocycles. The number of piperidine rings is 1. The minimum Gasteiger partial charge on any atom is -0.456 e. The Morgan fingerprint density at radius 2 is 1.94 bits per heavy atom. The number of hydrogen-bond donors (Lipinski definition) is 2. The van der Waals surface area contributed by atoms with Crippen molar-refractivity contribution in [1.29, 1.82) is 5.26 Å². The van der Waals surface area contributed by atoms with Crippen LogP contribution in [0.15, 0.2) is 41.3 Å². The van der Waals surface area contributed by atoms with Crippen LogP contribution in [-0.4, -0.2) is 43.0 Å². The van der Waals surface area contributed by atoms with Crippen molar-refractivity contribution >= 4 is 39.0 Å². The average molecular weight is 507 g/mol. The van der Waals surface area contributed by atoms with Crippen molar-refractivity contribution in [3.8, 4) is 17.6 Å². The van der Waals surface area contributed by atoms with Crippen LogP contribution in [0.4, 0.5) is 0 Å². The molecule has 1 aliphatic heterocycles. The van der Waals surface area contributed by atoms with E-state index in [1.54, 1.807) is 18.2 Å². The first-order valence-corrected chi connectivity index (χ1v) is 12.9. The number of nitriles is 1. The summed E-state index contributed by atoms with van der Waals surface area (Å²) in [6.45, 7) is 6.54. The van der Waals surface area contributed by atoms with E-state index in [0.717, 1.165) is 5.56 Å². The van der Waals surface area contributed by atoms with Gasteiger partial charge < -0.3 is 15.4 Å². The predicted octanol–water partition coefficient (Wildman–Crippen LogP) is 4.34. The number of ether oxygens (including phenoxy) is 1. The van der Waals surface area contributed by atoms with Crippen LogP contribution >= 0.6 is 23.8 Å². The number of benzene rings is 2. The van der Waals surface area contributed by atoms with Crippen molar-refractivity contribution in [2.24, 2.45) is 0 Å². The molecule has 10 heteroatoms. The Kier molecular flexibility index (Phi) is 8.19. The predicted molar refractivity (Wildman–Crippen MR) is 133 cm³/mol. The summed E-state index contributed by atoms with van der Waals surface area (Å²) in [6, 6.07) is 11.9. The van der Waals surface area contributed by atoms with Crippen LogP contribution in [-0.2, 0) is 10.0 Å². The molecular weight excluding hydrogens is 480 g/mol. The van der Waals surface area contributed by atoms with E-state index in [1.807, 2.05) is 26.8 Å². The van der Waals surface area contributed by atoms with Gasteiger partial charge in [0.1, 0.15) is 16.4 Å². The monoisotopic (exact) mass is 506 g/mol. The zero-order chi connectivity index (χ0) is 24.2. The van der Waals surface area contributed by atoms with Crippen LogP contribution < -0.4 is 15.4 Å². The summed E-state index contributed by atoms with van der Waals surface area (Å²) in [5.74, 6) is 0.577. The highest BCUT2D eigenvalue weighted by atomic mass is 35.5. The molecule has 3 rings (SSSR count). The summed E-state index contributed by atoms with van der Waals surface area (Å²) >= 11 is 11.4. The summed E-state index contributed by atoms with van der Waals surface area (Å²) in [5, 5.41) is 16.8. The molecule has 1 aliphatic rings. The summed E-state index contributed by atoms with van der Waals surface area (Å²) < 4.78 is 34.4. The molecule has 0 unspecified atom stereocenters. The van der Waals surface area contributed by atoms with Crippen LogP contribution in [0.2, 0.25) is 5.02 Å². The lowest BCUT2D eigenvalue weighted by molar-refractivity contribution is 0.305. The Bertz CT molecular complexity index is 1150. The number of thiocarbonyl (C=S) groups is 1. The zero-order valence-electron chi connectivity index (χ0n) is 18.8. The fraction of sp³-hybridized carbons (Fsp3) is 0.391. The number of aryl methyl sites for hydroxylation is 1. The zero-order valence-corrected chi connectivity index (χ0v) is 21.1. The van der Waals surface area contributed by atoms with Gasteiger partial charge in [0, 0.05) is 30.2 Å². The van der Waals surface area contributed by atoms with E-state index < -0.39 is 10.0 Å². The average Bonchev–Trinajstić information content (AvgIpc) is 2.73. The fourth-order valence-electron chi connectivity index (χ4n) is 3.62. The number of sulfonamides is 1. The Labute approximate surface area is 205 Å². The van der Waals surface area contributed by atoms with Crippen molar-refractivity contribution in [3.05, 3.63) is 52.5 Å². The third-order valence-corrected chi connectivity index (χ3v) is 7.52. The first-order chi connectivity index (χ1) is 15.6. The Morgan fingerprint density at radius 1 is 1.24 bits per heavy atom. The molecule has 0 spiro atoms. The largest absolute Gasteiger partial charge is 0.456 e. The molecule has 176 valence electrons. The molecule has 33 heavy (non-hydrogen) atoms. The lowest BCUT2D eigenvalue weighted by atomic mass is 10.1. The fourth-order valence-corrected chi connectivity index (χ4v) is 5.91. The molecule has 1 saturated heterocycles. The van der Waals surface area contributed by atoms with Gasteiger partial charge in [-0.1, -0.05) is 11.6 Å². The van der Waals surface area contributed by atoms with Crippen molar-refractivity contribution < 1.29 is 13.2 Å². The van der Waals surface area contributed by atoms with Crippen LogP contribution in [0.3, 0.4) is 0 Å². The maximum absolute atomic E-state index is 13.5. The van der Waals surface area contributed by atoms with Crippen LogP contribution in [0.1, 0.15) is 37.8 Å². The molecule has 7 nitrogen and oxygen atoms in total. The summed E-state index contributed by atoms with van der Waals surface area (Å²) in [5.41, 5.74) is 1.12. The Morgan fingerprint density at radius 3 is 2.55 bits per heavy atom. The van der Waals surface area contributed by atoms with Gasteiger partial charge in [-0.2, -0.15) is 9.57 Å². The maximum Gasteiger partial charge on any atom is 0.246 e. The molecule has 0 radical (unpaired) electrons. The van der Waals surface area contributed by atoms with Crippen LogP contribution in [0.25, 0.3) is 0 Å². The van der Waals surface area contributed by atoms with E-state index in [2.05, 4.69) is 10.6 Å². The molecule has 0 aromatic heterocycles. The molecule has 2 N–H and O–H groups in total. The highest BCUT2D eigenvalue weighted by molar-refractivity contribution is 7.89. The van der Waals surface area contributed by atoms with E-state index in [1.165, 1.54) is 22.5 Å². The molecule has 0 amide bonds. The van der Waals surface area contributed by atoms with Gasteiger partial charge >= 0.3 is 0 Å². The number of rotatable bonds is 6. The maximum atomic E-state index is 13.5. The molecular formula is C23H27ClN4O3S2. The third-order valence-electron chi connectivity index (χ3n) is 5.14. The standard InChI is InChI=1S/C23H27ClN4O3S2/c1-15(2)26-23(32)27-19-6-8-28(9-7-19)33(29,30)22-12-17(14-25)4-5-21(22)31-20-11-16(3)10-18(24)13-20/h4-5,10-13,15,19H,6-9H2,1-3H3,(H2,26,27,32).